The summed E-state index contributed by atoms with van der Waals surface area (Å²) in [4.78, 5) is 28.0. The van der Waals surface area contributed by atoms with Crippen LogP contribution in [0.5, 0.6) is 11.5 Å². The number of halogens is 1. The van der Waals surface area contributed by atoms with Gasteiger partial charge in [0.05, 0.1) is 25.9 Å². The number of nitrogens with zero attached hydrogens (tertiary/aromatic N) is 1. The largest absolute Gasteiger partial charge is 0.493 e. The molecule has 1 aromatic carbocycles. The fourth-order valence-corrected chi connectivity index (χ4v) is 2.11. The zero-order valence-electron chi connectivity index (χ0n) is 14.0. The minimum absolute atomic E-state index is 0.174. The monoisotopic (exact) mass is 347 g/mol. The molecule has 0 saturated carbocycles. The summed E-state index contributed by atoms with van der Waals surface area (Å²) in [6.07, 6.45) is 3.18. The molecule has 0 saturated heterocycles. The Bertz CT molecular complexity index is 768. The van der Waals surface area contributed by atoms with Crippen molar-refractivity contribution < 1.29 is 23.5 Å². The Labute approximate surface area is 144 Å². The quantitative estimate of drug-likeness (QED) is 0.808. The predicted octanol–water partition coefficient (Wildman–Crippen LogP) is 2.05. The maximum Gasteiger partial charge on any atom is 0.313 e. The van der Waals surface area contributed by atoms with E-state index < -0.39 is 23.7 Å². The van der Waals surface area contributed by atoms with Crippen molar-refractivity contribution in [2.45, 2.75) is 13.0 Å². The molecule has 0 spiro atoms. The summed E-state index contributed by atoms with van der Waals surface area (Å²) in [5, 5.41) is 4.73. The zero-order valence-corrected chi connectivity index (χ0v) is 14.0. The summed E-state index contributed by atoms with van der Waals surface area (Å²) in [5.41, 5.74) is 0.549. The molecule has 2 aromatic rings. The number of benzene rings is 1. The van der Waals surface area contributed by atoms with E-state index in [-0.39, 0.29) is 17.2 Å². The molecule has 7 nitrogen and oxygen atoms in total. The highest BCUT2D eigenvalue weighted by molar-refractivity contribution is 6.39. The Balaban J connectivity index is 2.07. The van der Waals surface area contributed by atoms with Gasteiger partial charge in [0.2, 0.25) is 0 Å². The van der Waals surface area contributed by atoms with Gasteiger partial charge in [0.1, 0.15) is 0 Å². The Kier molecular flexibility index (Phi) is 5.89. The van der Waals surface area contributed by atoms with Gasteiger partial charge in [-0.15, -0.1) is 0 Å². The first kappa shape index (κ1) is 18.2. The zero-order chi connectivity index (χ0) is 18.4. The molecule has 0 fully saturated rings. The summed E-state index contributed by atoms with van der Waals surface area (Å²) in [7, 11) is 2.74. The highest BCUT2D eigenvalue weighted by atomic mass is 19.1. The molecule has 2 N–H and O–H groups in total. The number of pyridine rings is 1. The number of hydrogen-bond acceptors (Lipinski definition) is 5. The van der Waals surface area contributed by atoms with Crippen LogP contribution in [-0.2, 0) is 9.59 Å². The molecular weight excluding hydrogens is 329 g/mol. The molecular formula is C17H18FN3O4. The number of carbonyl (C=O) groups is 2. The van der Waals surface area contributed by atoms with Crippen LogP contribution in [0.25, 0.3) is 0 Å². The van der Waals surface area contributed by atoms with Crippen LogP contribution in [0, 0.1) is 5.82 Å². The van der Waals surface area contributed by atoms with E-state index in [9.17, 15) is 14.0 Å². The first-order valence-electron chi connectivity index (χ1n) is 7.39. The first-order valence-corrected chi connectivity index (χ1v) is 7.39. The Hall–Kier alpha value is -3.16. The number of carbonyl (C=O) groups excluding carboxylic acids is 2. The second-order valence-corrected chi connectivity index (χ2v) is 5.12. The van der Waals surface area contributed by atoms with Crippen LogP contribution in [-0.4, -0.2) is 31.0 Å². The van der Waals surface area contributed by atoms with E-state index in [4.69, 9.17) is 9.47 Å². The van der Waals surface area contributed by atoms with E-state index in [2.05, 4.69) is 15.6 Å². The van der Waals surface area contributed by atoms with Gasteiger partial charge in [0.25, 0.3) is 0 Å². The third-order valence-electron chi connectivity index (χ3n) is 3.46. The average Bonchev–Trinajstić information content (AvgIpc) is 2.63. The van der Waals surface area contributed by atoms with Crippen LogP contribution >= 0.6 is 0 Å². The van der Waals surface area contributed by atoms with E-state index >= 15 is 0 Å². The second-order valence-electron chi connectivity index (χ2n) is 5.12. The lowest BCUT2D eigenvalue weighted by atomic mass is 10.1. The highest BCUT2D eigenvalue weighted by Gasteiger charge is 2.20. The van der Waals surface area contributed by atoms with Crippen molar-refractivity contribution >= 4 is 17.5 Å². The molecule has 0 bridgehead atoms. The van der Waals surface area contributed by atoms with Gasteiger partial charge in [-0.25, -0.2) is 4.39 Å². The molecule has 1 aromatic heterocycles. The maximum atomic E-state index is 14.0. The van der Waals surface area contributed by atoms with Crippen molar-refractivity contribution in [3.63, 3.8) is 0 Å². The van der Waals surface area contributed by atoms with Crippen LogP contribution in [0.15, 0.2) is 36.7 Å². The lowest BCUT2D eigenvalue weighted by molar-refractivity contribution is -0.136. The maximum absolute atomic E-state index is 14.0. The highest BCUT2D eigenvalue weighted by Crippen LogP contribution is 2.32. The fraction of sp³-hybridized carbons (Fsp3) is 0.235. The molecule has 132 valence electrons. The molecule has 0 unspecified atom stereocenters. The third-order valence-corrected chi connectivity index (χ3v) is 3.46. The molecule has 25 heavy (non-hydrogen) atoms. The van der Waals surface area contributed by atoms with Crippen LogP contribution < -0.4 is 20.1 Å². The smallest absolute Gasteiger partial charge is 0.313 e. The molecule has 2 amide bonds. The SMILES string of the molecule is COc1cc(F)c(NC(=O)C(=O)N[C@H](C)c2cccnc2)cc1OC. The third kappa shape index (κ3) is 4.43. The number of ether oxygens (including phenoxy) is 2. The summed E-state index contributed by atoms with van der Waals surface area (Å²) in [6, 6.07) is 5.36. The lowest BCUT2D eigenvalue weighted by Crippen LogP contribution is -2.37. The van der Waals surface area contributed by atoms with Crippen LogP contribution in [0.2, 0.25) is 0 Å². The van der Waals surface area contributed by atoms with E-state index in [1.54, 1.807) is 31.5 Å². The van der Waals surface area contributed by atoms with E-state index in [0.29, 0.717) is 0 Å². The number of aromatic nitrogens is 1. The molecule has 0 aliphatic rings. The molecule has 0 radical (unpaired) electrons. The first-order chi connectivity index (χ1) is 12.0. The lowest BCUT2D eigenvalue weighted by Gasteiger charge is -2.14. The molecule has 8 heteroatoms. The number of anilines is 1. The number of methoxy groups -OCH3 is 2. The molecule has 0 aliphatic carbocycles. The predicted molar refractivity (Wildman–Crippen MR) is 88.9 cm³/mol. The van der Waals surface area contributed by atoms with E-state index in [0.717, 1.165) is 11.6 Å². The minimum Gasteiger partial charge on any atom is -0.493 e. The fourth-order valence-electron chi connectivity index (χ4n) is 2.11. The van der Waals surface area contributed by atoms with Crippen molar-refractivity contribution in [1.82, 2.24) is 10.3 Å². The number of hydrogen-bond donors (Lipinski definition) is 2. The van der Waals surface area contributed by atoms with Crippen LogP contribution in [0.3, 0.4) is 0 Å². The van der Waals surface area contributed by atoms with Gasteiger partial charge in [-0.1, -0.05) is 6.07 Å². The summed E-state index contributed by atoms with van der Waals surface area (Å²) in [5.74, 6) is -2.25. The van der Waals surface area contributed by atoms with Gasteiger partial charge in [-0.2, -0.15) is 0 Å². The van der Waals surface area contributed by atoms with Crippen LogP contribution in [0.1, 0.15) is 18.5 Å². The van der Waals surface area contributed by atoms with Crippen LogP contribution in [0.4, 0.5) is 10.1 Å². The van der Waals surface area contributed by atoms with Crippen molar-refractivity contribution in [2.75, 3.05) is 19.5 Å². The Morgan fingerprint density at radius 1 is 1.16 bits per heavy atom. The normalized spacial score (nSPS) is 11.4. The molecule has 1 heterocycles. The number of amides is 2. The second kappa shape index (κ2) is 8.09. The minimum atomic E-state index is -0.998. The molecule has 2 rings (SSSR count). The summed E-state index contributed by atoms with van der Waals surface area (Å²) < 4.78 is 24.0. The van der Waals surface area contributed by atoms with Gasteiger partial charge >= 0.3 is 11.8 Å². The summed E-state index contributed by atoms with van der Waals surface area (Å²) in [6.45, 7) is 1.71. The number of nitrogens with one attached hydrogen (secondary N) is 2. The van der Waals surface area contributed by atoms with E-state index in [1.165, 1.54) is 20.3 Å². The van der Waals surface area contributed by atoms with Gasteiger partial charge in [-0.05, 0) is 18.6 Å². The summed E-state index contributed by atoms with van der Waals surface area (Å²) >= 11 is 0. The standard InChI is InChI=1S/C17H18FN3O4/c1-10(11-5-4-6-19-9-11)20-16(22)17(23)21-13-8-15(25-3)14(24-2)7-12(13)18/h4-10H,1-3H3,(H,20,22)(H,21,23)/t10-/m1/s1. The topological polar surface area (TPSA) is 89.5 Å². The average molecular weight is 347 g/mol. The van der Waals surface area contributed by atoms with Crippen molar-refractivity contribution in [1.29, 1.82) is 0 Å². The Morgan fingerprint density at radius 3 is 2.44 bits per heavy atom. The van der Waals surface area contributed by atoms with Gasteiger partial charge in [0, 0.05) is 24.5 Å². The molecule has 0 aliphatic heterocycles. The van der Waals surface area contributed by atoms with Crippen molar-refractivity contribution in [3.05, 3.63) is 48.0 Å². The number of rotatable bonds is 5. The van der Waals surface area contributed by atoms with E-state index in [1.807, 2.05) is 0 Å². The Morgan fingerprint density at radius 2 is 1.84 bits per heavy atom. The van der Waals surface area contributed by atoms with Gasteiger partial charge < -0.3 is 20.1 Å². The molecule has 1 atom stereocenters. The van der Waals surface area contributed by atoms with Crippen molar-refractivity contribution in [2.24, 2.45) is 0 Å². The van der Waals surface area contributed by atoms with Gasteiger partial charge in [0.15, 0.2) is 17.3 Å². The van der Waals surface area contributed by atoms with Crippen molar-refractivity contribution in [3.8, 4) is 11.5 Å². The van der Waals surface area contributed by atoms with Gasteiger partial charge in [-0.3, -0.25) is 14.6 Å².